The molecule has 0 aromatic carbocycles. The van der Waals surface area contributed by atoms with Crippen LogP contribution in [-0.2, 0) is 9.59 Å². The number of carboxylic acid groups (broad SMARTS) is 1. The molecule has 102 valence electrons. The molecule has 0 aliphatic carbocycles. The number of rotatable bonds is 5. The smallest absolute Gasteiger partial charge is 0.328 e. The Balaban J connectivity index is 2.55. The predicted molar refractivity (Wildman–Crippen MR) is 70.2 cm³/mol. The minimum Gasteiger partial charge on any atom is -0.478 e. The second-order valence-corrected chi connectivity index (χ2v) is 5.13. The van der Waals surface area contributed by atoms with E-state index in [2.05, 4.69) is 6.92 Å². The van der Waals surface area contributed by atoms with Gasteiger partial charge >= 0.3 is 5.97 Å². The van der Waals surface area contributed by atoms with Gasteiger partial charge in [0.25, 0.3) is 0 Å². The third-order valence-corrected chi connectivity index (χ3v) is 3.43. The van der Waals surface area contributed by atoms with Crippen molar-refractivity contribution < 1.29 is 14.7 Å². The van der Waals surface area contributed by atoms with E-state index < -0.39 is 5.97 Å². The maximum atomic E-state index is 11.9. The van der Waals surface area contributed by atoms with Gasteiger partial charge in [-0.15, -0.1) is 0 Å². The van der Waals surface area contributed by atoms with Crippen LogP contribution >= 0.6 is 0 Å². The molecule has 1 N–H and O–H groups in total. The molecular weight excluding hydrogens is 230 g/mol. The summed E-state index contributed by atoms with van der Waals surface area (Å²) in [5, 5.41) is 8.67. The van der Waals surface area contributed by atoms with Gasteiger partial charge in [0.1, 0.15) is 0 Å². The van der Waals surface area contributed by atoms with Crippen LogP contribution in [0.15, 0.2) is 11.6 Å². The Morgan fingerprint density at radius 3 is 2.83 bits per heavy atom. The molecule has 18 heavy (non-hydrogen) atoms. The minimum absolute atomic E-state index is 0.159. The van der Waals surface area contributed by atoms with Crippen molar-refractivity contribution in [1.82, 2.24) is 4.90 Å². The molecule has 0 aromatic heterocycles. The molecule has 1 heterocycles. The first-order valence-corrected chi connectivity index (χ1v) is 6.70. The summed E-state index contributed by atoms with van der Waals surface area (Å²) in [5.41, 5.74) is 0.727. The Kier molecular flexibility index (Phi) is 5.89. The number of carbonyl (C=O) groups excluding carboxylic acids is 1. The first kappa shape index (κ1) is 14.7. The number of hydrogen-bond donors (Lipinski definition) is 1. The summed E-state index contributed by atoms with van der Waals surface area (Å²) in [5.74, 6) is -0.141. The van der Waals surface area contributed by atoms with E-state index in [1.54, 1.807) is 11.8 Å². The monoisotopic (exact) mass is 253 g/mol. The molecule has 1 amide bonds. The predicted octanol–water partition coefficient (Wildman–Crippen LogP) is 2.45. The van der Waals surface area contributed by atoms with Gasteiger partial charge in [-0.1, -0.05) is 19.8 Å². The summed E-state index contributed by atoms with van der Waals surface area (Å²) in [6, 6.07) is 0. The number of carbonyl (C=O) groups is 2. The quantitative estimate of drug-likeness (QED) is 0.766. The lowest BCUT2D eigenvalue weighted by Gasteiger charge is -2.21. The van der Waals surface area contributed by atoms with E-state index >= 15 is 0 Å². The van der Waals surface area contributed by atoms with E-state index in [1.807, 2.05) is 0 Å². The second-order valence-electron chi connectivity index (χ2n) is 5.13. The van der Waals surface area contributed by atoms with E-state index in [4.69, 9.17) is 5.11 Å². The molecule has 0 radical (unpaired) electrons. The van der Waals surface area contributed by atoms with E-state index in [0.29, 0.717) is 18.9 Å². The van der Waals surface area contributed by atoms with Crippen LogP contribution < -0.4 is 0 Å². The molecule has 0 saturated carbocycles. The van der Waals surface area contributed by atoms with Gasteiger partial charge in [0.05, 0.1) is 0 Å². The zero-order chi connectivity index (χ0) is 13.5. The van der Waals surface area contributed by atoms with Gasteiger partial charge in [-0.05, 0) is 31.3 Å². The zero-order valence-electron chi connectivity index (χ0n) is 11.3. The van der Waals surface area contributed by atoms with Crippen LogP contribution in [0.2, 0.25) is 0 Å². The van der Waals surface area contributed by atoms with Crippen molar-refractivity contribution >= 4 is 11.9 Å². The minimum atomic E-state index is -0.946. The Labute approximate surface area is 109 Å². The lowest BCUT2D eigenvalue weighted by molar-refractivity contribution is -0.132. The zero-order valence-corrected chi connectivity index (χ0v) is 11.3. The molecule has 1 atom stereocenters. The molecule has 1 unspecified atom stereocenters. The van der Waals surface area contributed by atoms with Crippen LogP contribution in [-0.4, -0.2) is 35.0 Å². The van der Waals surface area contributed by atoms with Crippen molar-refractivity contribution in [2.24, 2.45) is 5.92 Å². The Bertz CT molecular complexity index is 336. The van der Waals surface area contributed by atoms with E-state index in [0.717, 1.165) is 31.4 Å². The third kappa shape index (κ3) is 4.90. The van der Waals surface area contributed by atoms with Crippen LogP contribution in [0.3, 0.4) is 0 Å². The van der Waals surface area contributed by atoms with E-state index in [9.17, 15) is 9.59 Å². The van der Waals surface area contributed by atoms with Crippen LogP contribution in [0.4, 0.5) is 0 Å². The average molecular weight is 253 g/mol. The number of nitrogens with zero attached hydrogens (tertiary/aromatic N) is 1. The van der Waals surface area contributed by atoms with Gasteiger partial charge in [0, 0.05) is 25.6 Å². The van der Waals surface area contributed by atoms with Gasteiger partial charge in [-0.25, -0.2) is 4.79 Å². The first-order chi connectivity index (χ1) is 8.52. The fraction of sp³-hybridized carbons (Fsp3) is 0.714. The van der Waals surface area contributed by atoms with E-state index in [-0.39, 0.29) is 5.91 Å². The number of aliphatic carboxylic acids is 1. The van der Waals surface area contributed by atoms with E-state index in [1.165, 1.54) is 12.5 Å². The topological polar surface area (TPSA) is 57.6 Å². The summed E-state index contributed by atoms with van der Waals surface area (Å²) < 4.78 is 0. The van der Waals surface area contributed by atoms with Gasteiger partial charge in [-0.2, -0.15) is 0 Å². The summed E-state index contributed by atoms with van der Waals surface area (Å²) >= 11 is 0. The third-order valence-electron chi connectivity index (χ3n) is 3.43. The summed E-state index contributed by atoms with van der Waals surface area (Å²) in [6.45, 7) is 5.14. The standard InChI is InChI=1S/C14H23NO3/c1-3-4-12-5-6-13(16)15(8-7-12)10-11(2)9-14(17)18/h9,12H,3-8,10H2,1-2H3,(H,17,18). The van der Waals surface area contributed by atoms with Gasteiger partial charge in [-0.3, -0.25) is 4.79 Å². The molecule has 1 rings (SSSR count). The van der Waals surface area contributed by atoms with Crippen molar-refractivity contribution in [2.45, 2.75) is 46.0 Å². The number of likely N-dealkylation sites (tertiary alicyclic amines) is 1. The Hall–Kier alpha value is -1.32. The molecule has 1 aliphatic rings. The van der Waals surface area contributed by atoms with Crippen LogP contribution in [0, 0.1) is 5.92 Å². The highest BCUT2D eigenvalue weighted by Gasteiger charge is 2.21. The molecule has 1 saturated heterocycles. The first-order valence-electron chi connectivity index (χ1n) is 6.70. The molecule has 1 aliphatic heterocycles. The SMILES string of the molecule is CCCC1CCC(=O)N(CC(C)=CC(=O)O)CC1. The Morgan fingerprint density at radius 1 is 1.50 bits per heavy atom. The molecule has 4 nitrogen and oxygen atoms in total. The number of carboxylic acids is 1. The largest absolute Gasteiger partial charge is 0.478 e. The molecule has 4 heteroatoms. The molecule has 0 bridgehead atoms. The van der Waals surface area contributed by atoms with Crippen molar-refractivity contribution in [1.29, 1.82) is 0 Å². The fourth-order valence-corrected chi connectivity index (χ4v) is 2.51. The van der Waals surface area contributed by atoms with Gasteiger partial charge < -0.3 is 10.0 Å². The van der Waals surface area contributed by atoms with Crippen molar-refractivity contribution in [3.8, 4) is 0 Å². The second kappa shape index (κ2) is 7.19. The van der Waals surface area contributed by atoms with Crippen LogP contribution in [0.1, 0.15) is 46.0 Å². The van der Waals surface area contributed by atoms with Crippen molar-refractivity contribution in [3.05, 3.63) is 11.6 Å². The molecular formula is C14H23NO3. The maximum Gasteiger partial charge on any atom is 0.328 e. The van der Waals surface area contributed by atoms with Crippen molar-refractivity contribution in [3.63, 3.8) is 0 Å². The Morgan fingerprint density at radius 2 is 2.22 bits per heavy atom. The summed E-state index contributed by atoms with van der Waals surface area (Å²) in [6.07, 6.45) is 6.15. The normalized spacial score (nSPS) is 21.9. The summed E-state index contributed by atoms with van der Waals surface area (Å²) in [7, 11) is 0. The number of amides is 1. The van der Waals surface area contributed by atoms with Crippen molar-refractivity contribution in [2.75, 3.05) is 13.1 Å². The van der Waals surface area contributed by atoms with Gasteiger partial charge in [0.2, 0.25) is 5.91 Å². The average Bonchev–Trinajstić information content (AvgIpc) is 2.43. The fourth-order valence-electron chi connectivity index (χ4n) is 2.51. The molecule has 0 aromatic rings. The maximum absolute atomic E-state index is 11.9. The highest BCUT2D eigenvalue weighted by molar-refractivity contribution is 5.81. The highest BCUT2D eigenvalue weighted by Crippen LogP contribution is 2.22. The van der Waals surface area contributed by atoms with Crippen LogP contribution in [0.25, 0.3) is 0 Å². The molecule has 1 fully saturated rings. The lowest BCUT2D eigenvalue weighted by atomic mass is 9.96. The lowest BCUT2D eigenvalue weighted by Crippen LogP contribution is -2.32. The van der Waals surface area contributed by atoms with Gasteiger partial charge in [0.15, 0.2) is 0 Å². The highest BCUT2D eigenvalue weighted by atomic mass is 16.4. The number of hydrogen-bond acceptors (Lipinski definition) is 2. The summed E-state index contributed by atoms with van der Waals surface area (Å²) in [4.78, 5) is 24.3. The van der Waals surface area contributed by atoms with Crippen LogP contribution in [0.5, 0.6) is 0 Å². The molecule has 0 spiro atoms.